The third-order valence-corrected chi connectivity index (χ3v) is 8.65. The van der Waals surface area contributed by atoms with Crippen LogP contribution in [0.2, 0.25) is 0 Å². The molecule has 0 radical (unpaired) electrons. The molecule has 0 spiro atoms. The Hall–Kier alpha value is -4.92. The predicted molar refractivity (Wildman–Crippen MR) is 189 cm³/mol. The molecule has 1 heterocycles. The minimum absolute atomic E-state index is 0.0356. The average molecular weight is 653 g/mol. The zero-order valence-corrected chi connectivity index (χ0v) is 28.1. The number of carboxylic acids is 1. The van der Waals surface area contributed by atoms with E-state index in [0.29, 0.717) is 31.5 Å². The molecule has 254 valence electrons. The van der Waals surface area contributed by atoms with Gasteiger partial charge in [-0.2, -0.15) is 0 Å². The van der Waals surface area contributed by atoms with Crippen molar-refractivity contribution >= 4 is 34.6 Å². The highest BCUT2D eigenvalue weighted by Crippen LogP contribution is 2.24. The lowest BCUT2D eigenvalue weighted by atomic mass is 9.97. The highest BCUT2D eigenvalue weighted by molar-refractivity contribution is 6.08. The summed E-state index contributed by atoms with van der Waals surface area (Å²) in [5.41, 5.74) is 10.3. The van der Waals surface area contributed by atoms with E-state index < -0.39 is 29.9 Å². The molecule has 9 nitrogen and oxygen atoms in total. The third-order valence-electron chi connectivity index (χ3n) is 8.65. The fourth-order valence-corrected chi connectivity index (χ4v) is 6.22. The van der Waals surface area contributed by atoms with Crippen molar-refractivity contribution in [3.63, 3.8) is 0 Å². The monoisotopic (exact) mass is 652 g/mol. The molecule has 0 aliphatic carbocycles. The Balaban J connectivity index is 1.62. The van der Waals surface area contributed by atoms with Gasteiger partial charge in [0.25, 0.3) is 5.91 Å². The number of aryl methyl sites for hydroxylation is 1. The average Bonchev–Trinajstić information content (AvgIpc) is 3.44. The number of unbranched alkanes of at least 4 members (excludes halogenated alkanes) is 1. The fraction of sp³-hybridized carbons (Fsp3) is 0.385. The maximum absolute atomic E-state index is 14.4. The lowest BCUT2D eigenvalue weighted by Crippen LogP contribution is -2.53. The van der Waals surface area contributed by atoms with Crippen molar-refractivity contribution in [2.45, 2.75) is 90.3 Å². The molecular formula is C39H48N4O5. The molecule has 0 unspecified atom stereocenters. The number of para-hydroxylation sites is 1. The predicted octanol–water partition coefficient (Wildman–Crippen LogP) is 6.11. The van der Waals surface area contributed by atoms with E-state index in [9.17, 15) is 24.3 Å². The van der Waals surface area contributed by atoms with Gasteiger partial charge >= 0.3 is 5.97 Å². The lowest BCUT2D eigenvalue weighted by molar-refractivity contribution is -0.139. The molecule has 0 fully saturated rings. The van der Waals surface area contributed by atoms with Crippen molar-refractivity contribution in [2.75, 3.05) is 6.54 Å². The third kappa shape index (κ3) is 10.0. The number of nitrogens with two attached hydrogens (primary N) is 1. The number of carboxylic acid groups (broad SMARTS) is 1. The molecule has 3 amide bonds. The molecule has 0 bridgehead atoms. The summed E-state index contributed by atoms with van der Waals surface area (Å²) in [7, 11) is 0. The number of nitrogens with one attached hydrogen (secondary N) is 1. The standard InChI is InChI=1S/C39H48N4O5/c1-3-5-12-28-19-21-29(22-20-28)24-31(25-36(40)44)43(23-4-2)39(48)34(16-11-18-37(45)46)41-38(47)33-27-42(26-30-13-7-6-8-14-30)35-17-10-9-15-32(33)35/h6-10,13-15,17,19-22,27,31,34H,3-5,11-12,16,18,23-26H2,1-2H3,(H2,40,44)(H,41,47)(H,45,46)/t31-,34-/m0/s1. The molecule has 4 N–H and O–H groups in total. The number of primary amides is 1. The zero-order chi connectivity index (χ0) is 34.5. The Kier molecular flexibility index (Phi) is 13.4. The highest BCUT2D eigenvalue weighted by Gasteiger charge is 2.32. The number of hydrogen-bond acceptors (Lipinski definition) is 4. The maximum Gasteiger partial charge on any atom is 0.303 e. The van der Waals surface area contributed by atoms with Gasteiger partial charge in [-0.1, -0.05) is 93.1 Å². The first kappa shape index (κ1) is 35.9. The van der Waals surface area contributed by atoms with Gasteiger partial charge < -0.3 is 25.6 Å². The number of hydrogen-bond donors (Lipinski definition) is 3. The molecule has 3 aromatic carbocycles. The first-order valence-electron chi connectivity index (χ1n) is 17.0. The first-order chi connectivity index (χ1) is 23.2. The Labute approximate surface area is 283 Å². The zero-order valence-electron chi connectivity index (χ0n) is 28.1. The molecular weight excluding hydrogens is 604 g/mol. The Morgan fingerprint density at radius 2 is 1.54 bits per heavy atom. The summed E-state index contributed by atoms with van der Waals surface area (Å²) < 4.78 is 2.01. The van der Waals surface area contributed by atoms with Gasteiger partial charge in [-0.25, -0.2) is 0 Å². The van der Waals surface area contributed by atoms with Gasteiger partial charge in [0.15, 0.2) is 0 Å². The van der Waals surface area contributed by atoms with Gasteiger partial charge in [0.1, 0.15) is 6.04 Å². The van der Waals surface area contributed by atoms with E-state index in [2.05, 4.69) is 24.4 Å². The normalized spacial score (nSPS) is 12.4. The van der Waals surface area contributed by atoms with E-state index in [0.717, 1.165) is 41.3 Å². The molecule has 2 atom stereocenters. The number of carbonyl (C=O) groups is 4. The summed E-state index contributed by atoms with van der Waals surface area (Å²) in [6, 6.07) is 24.3. The van der Waals surface area contributed by atoms with Gasteiger partial charge in [-0.15, -0.1) is 0 Å². The highest BCUT2D eigenvalue weighted by atomic mass is 16.4. The van der Waals surface area contributed by atoms with Crippen LogP contribution in [0.4, 0.5) is 0 Å². The minimum atomic E-state index is -0.994. The van der Waals surface area contributed by atoms with Gasteiger partial charge in [0.2, 0.25) is 11.8 Å². The van der Waals surface area contributed by atoms with Crippen molar-refractivity contribution in [3.8, 4) is 0 Å². The number of amides is 3. The second kappa shape index (κ2) is 17.8. The smallest absolute Gasteiger partial charge is 0.303 e. The van der Waals surface area contributed by atoms with E-state index in [-0.39, 0.29) is 31.6 Å². The van der Waals surface area contributed by atoms with Gasteiger partial charge in [0, 0.05) is 49.1 Å². The van der Waals surface area contributed by atoms with Gasteiger partial charge in [-0.05, 0) is 61.3 Å². The van der Waals surface area contributed by atoms with Crippen LogP contribution in [-0.2, 0) is 33.8 Å². The first-order valence-corrected chi connectivity index (χ1v) is 17.0. The number of aliphatic carboxylic acids is 1. The summed E-state index contributed by atoms with van der Waals surface area (Å²) in [4.78, 5) is 53.7. The van der Waals surface area contributed by atoms with Crippen LogP contribution >= 0.6 is 0 Å². The van der Waals surface area contributed by atoms with Crippen LogP contribution in [-0.4, -0.2) is 56.9 Å². The second-order valence-electron chi connectivity index (χ2n) is 12.5. The van der Waals surface area contributed by atoms with E-state index >= 15 is 0 Å². The summed E-state index contributed by atoms with van der Waals surface area (Å²) in [6.07, 6.45) is 6.20. The second-order valence-corrected chi connectivity index (χ2v) is 12.5. The molecule has 9 heteroatoms. The van der Waals surface area contributed by atoms with Crippen molar-refractivity contribution in [1.29, 1.82) is 0 Å². The van der Waals surface area contributed by atoms with Gasteiger partial charge in [-0.3, -0.25) is 19.2 Å². The van der Waals surface area contributed by atoms with Gasteiger partial charge in [0.05, 0.1) is 5.56 Å². The van der Waals surface area contributed by atoms with Crippen LogP contribution < -0.4 is 11.1 Å². The maximum atomic E-state index is 14.4. The largest absolute Gasteiger partial charge is 0.481 e. The fourth-order valence-electron chi connectivity index (χ4n) is 6.22. The number of carbonyl (C=O) groups excluding carboxylic acids is 3. The molecule has 4 rings (SSSR count). The molecule has 1 aromatic heterocycles. The molecule has 0 saturated heterocycles. The summed E-state index contributed by atoms with van der Waals surface area (Å²) in [6.45, 7) is 5.02. The van der Waals surface area contributed by atoms with Crippen LogP contribution in [0.5, 0.6) is 0 Å². The summed E-state index contributed by atoms with van der Waals surface area (Å²) in [5.74, 6) is -2.27. The number of fused-ring (bicyclic) bond motifs is 1. The summed E-state index contributed by atoms with van der Waals surface area (Å²) in [5, 5.41) is 13.1. The number of aromatic nitrogens is 1. The molecule has 0 aliphatic heterocycles. The van der Waals surface area contributed by atoms with E-state index in [4.69, 9.17) is 5.73 Å². The molecule has 48 heavy (non-hydrogen) atoms. The molecule has 4 aromatic rings. The molecule has 0 saturated carbocycles. The van der Waals surface area contributed by atoms with Crippen LogP contribution in [0.3, 0.4) is 0 Å². The minimum Gasteiger partial charge on any atom is -0.481 e. The SMILES string of the molecule is CCCCc1ccc(C[C@@H](CC(N)=O)N(CCC)C(=O)[C@H](CCCC(=O)O)NC(=O)c2cn(Cc3ccccc3)c3ccccc23)cc1. The van der Waals surface area contributed by atoms with E-state index in [1.54, 1.807) is 11.1 Å². The topological polar surface area (TPSA) is 135 Å². The lowest BCUT2D eigenvalue weighted by Gasteiger charge is -2.34. The van der Waals surface area contributed by atoms with Crippen LogP contribution in [0.25, 0.3) is 10.9 Å². The van der Waals surface area contributed by atoms with E-state index in [1.807, 2.05) is 78.2 Å². The van der Waals surface area contributed by atoms with Crippen molar-refractivity contribution in [3.05, 3.63) is 107 Å². The van der Waals surface area contributed by atoms with Crippen LogP contribution in [0.15, 0.2) is 85.1 Å². The van der Waals surface area contributed by atoms with E-state index in [1.165, 1.54) is 5.56 Å². The summed E-state index contributed by atoms with van der Waals surface area (Å²) >= 11 is 0. The van der Waals surface area contributed by atoms with Crippen molar-refractivity contribution in [1.82, 2.24) is 14.8 Å². The number of benzene rings is 3. The van der Waals surface area contributed by atoms with Crippen LogP contribution in [0, 0.1) is 0 Å². The quantitative estimate of drug-likeness (QED) is 0.112. The number of nitrogens with zero attached hydrogens (tertiary/aromatic N) is 2. The Morgan fingerprint density at radius 1 is 0.854 bits per heavy atom. The Bertz CT molecular complexity index is 1660. The molecule has 0 aliphatic rings. The van der Waals surface area contributed by atoms with Crippen molar-refractivity contribution in [2.24, 2.45) is 5.73 Å². The number of rotatable bonds is 19. The van der Waals surface area contributed by atoms with Crippen molar-refractivity contribution < 1.29 is 24.3 Å². The van der Waals surface area contributed by atoms with Crippen LogP contribution in [0.1, 0.15) is 85.8 Å². The Morgan fingerprint density at radius 3 is 2.21 bits per heavy atom.